The molecular weight excluding hydrogens is 252 g/mol. The molecule has 2 atom stereocenters. The number of carbonyl (C=O) groups is 2. The Morgan fingerprint density at radius 1 is 1.20 bits per heavy atom. The molecule has 4 nitrogen and oxygen atoms in total. The quantitative estimate of drug-likeness (QED) is 0.859. The number of Topliss-reactive ketones (excluding diaryl/α,β-unsaturated/α-hetero) is 1. The van der Waals surface area contributed by atoms with Crippen LogP contribution in [0.15, 0.2) is 30.3 Å². The molecule has 0 radical (unpaired) electrons. The number of amides is 1. The molecule has 0 aliphatic heterocycles. The molecule has 4 heteroatoms. The summed E-state index contributed by atoms with van der Waals surface area (Å²) in [5.74, 6) is -0.295. The Morgan fingerprint density at radius 2 is 1.75 bits per heavy atom. The maximum atomic E-state index is 12.0. The van der Waals surface area contributed by atoms with Crippen LogP contribution in [0.4, 0.5) is 0 Å². The number of carbonyl (C=O) groups excluding carboxylic acids is 2. The highest BCUT2D eigenvalue weighted by atomic mass is 16.2. The van der Waals surface area contributed by atoms with E-state index in [1.807, 2.05) is 51.1 Å². The van der Waals surface area contributed by atoms with E-state index < -0.39 is 17.5 Å². The highest BCUT2D eigenvalue weighted by Crippen LogP contribution is 2.16. The zero-order valence-corrected chi connectivity index (χ0v) is 12.6. The molecule has 0 aliphatic rings. The summed E-state index contributed by atoms with van der Waals surface area (Å²) in [6.45, 7) is 7.20. The molecule has 0 heterocycles. The summed E-state index contributed by atoms with van der Waals surface area (Å²) in [7, 11) is 0. The fourth-order valence-electron chi connectivity index (χ4n) is 2.00. The molecule has 110 valence electrons. The van der Waals surface area contributed by atoms with E-state index in [0.29, 0.717) is 6.42 Å². The molecule has 1 rings (SSSR count). The highest BCUT2D eigenvalue weighted by Gasteiger charge is 2.28. The van der Waals surface area contributed by atoms with E-state index in [2.05, 4.69) is 5.32 Å². The Balaban J connectivity index is 2.56. The van der Waals surface area contributed by atoms with Gasteiger partial charge < -0.3 is 11.1 Å². The fourth-order valence-corrected chi connectivity index (χ4v) is 2.00. The zero-order chi connectivity index (χ0) is 15.3. The molecule has 1 aromatic carbocycles. The molecule has 20 heavy (non-hydrogen) atoms. The molecule has 3 N–H and O–H groups in total. The van der Waals surface area contributed by atoms with Crippen molar-refractivity contribution in [1.82, 2.24) is 5.32 Å². The summed E-state index contributed by atoms with van der Waals surface area (Å²) in [4.78, 5) is 24.0. The van der Waals surface area contributed by atoms with E-state index in [0.717, 1.165) is 5.56 Å². The van der Waals surface area contributed by atoms with E-state index in [1.165, 1.54) is 0 Å². The smallest absolute Gasteiger partial charge is 0.237 e. The molecule has 2 unspecified atom stereocenters. The number of rotatable bonds is 5. The van der Waals surface area contributed by atoms with Gasteiger partial charge in [-0.1, -0.05) is 51.1 Å². The average molecular weight is 276 g/mol. The highest BCUT2D eigenvalue weighted by molar-refractivity contribution is 5.93. The lowest BCUT2D eigenvalue weighted by molar-refractivity contribution is -0.132. The first-order valence-electron chi connectivity index (χ1n) is 6.86. The van der Waals surface area contributed by atoms with Gasteiger partial charge in [0.15, 0.2) is 5.78 Å². The first kappa shape index (κ1) is 16.4. The van der Waals surface area contributed by atoms with Gasteiger partial charge in [0.25, 0.3) is 0 Å². The second-order valence-corrected chi connectivity index (χ2v) is 6.14. The lowest BCUT2D eigenvalue weighted by atomic mass is 9.87. The maximum Gasteiger partial charge on any atom is 0.237 e. The van der Waals surface area contributed by atoms with Gasteiger partial charge >= 0.3 is 0 Å². The summed E-state index contributed by atoms with van der Waals surface area (Å²) < 4.78 is 0. The maximum absolute atomic E-state index is 12.0. The Hall–Kier alpha value is -1.68. The minimum absolute atomic E-state index is 0.00207. The van der Waals surface area contributed by atoms with Gasteiger partial charge in [-0.05, 0) is 18.9 Å². The summed E-state index contributed by atoms with van der Waals surface area (Å²) in [5, 5.41) is 2.69. The van der Waals surface area contributed by atoms with Gasteiger partial charge in [-0.3, -0.25) is 9.59 Å². The first-order valence-corrected chi connectivity index (χ1v) is 6.86. The molecule has 0 saturated carbocycles. The van der Waals surface area contributed by atoms with Crippen molar-refractivity contribution in [2.45, 2.75) is 46.2 Å². The Bertz CT molecular complexity index is 463. The van der Waals surface area contributed by atoms with Crippen LogP contribution in [0.2, 0.25) is 0 Å². The molecule has 0 aliphatic carbocycles. The van der Waals surface area contributed by atoms with E-state index in [-0.39, 0.29) is 11.7 Å². The lowest BCUT2D eigenvalue weighted by Crippen LogP contribution is -2.50. The second-order valence-electron chi connectivity index (χ2n) is 6.14. The Labute approximate surface area is 120 Å². The Kier molecular flexibility index (Phi) is 5.45. The zero-order valence-electron chi connectivity index (χ0n) is 12.6. The van der Waals surface area contributed by atoms with Crippen LogP contribution in [0.5, 0.6) is 0 Å². The predicted octanol–water partition coefficient (Wildman–Crippen LogP) is 1.68. The number of nitrogens with one attached hydrogen (secondary N) is 1. The van der Waals surface area contributed by atoms with Crippen molar-refractivity contribution in [3.63, 3.8) is 0 Å². The van der Waals surface area contributed by atoms with Crippen LogP contribution in [0.25, 0.3) is 0 Å². The lowest BCUT2D eigenvalue weighted by Gasteiger charge is -2.23. The molecule has 0 bridgehead atoms. The minimum Gasteiger partial charge on any atom is -0.345 e. The first-order chi connectivity index (χ1) is 9.21. The van der Waals surface area contributed by atoms with Gasteiger partial charge in [0, 0.05) is 5.41 Å². The van der Waals surface area contributed by atoms with Crippen LogP contribution in [-0.4, -0.2) is 23.8 Å². The van der Waals surface area contributed by atoms with Crippen LogP contribution in [0.3, 0.4) is 0 Å². The van der Waals surface area contributed by atoms with Gasteiger partial charge in [-0.15, -0.1) is 0 Å². The molecular formula is C16H24N2O2. The third kappa shape index (κ3) is 4.78. The van der Waals surface area contributed by atoms with Gasteiger partial charge in [0.05, 0.1) is 12.1 Å². The summed E-state index contributed by atoms with van der Waals surface area (Å²) in [5.41, 5.74) is 6.41. The fraction of sp³-hybridized carbons (Fsp3) is 0.500. The van der Waals surface area contributed by atoms with Crippen LogP contribution >= 0.6 is 0 Å². The van der Waals surface area contributed by atoms with E-state index in [1.54, 1.807) is 6.92 Å². The molecule has 0 saturated heterocycles. The summed E-state index contributed by atoms with van der Waals surface area (Å²) >= 11 is 0. The topological polar surface area (TPSA) is 72.2 Å². The van der Waals surface area contributed by atoms with E-state index in [4.69, 9.17) is 5.73 Å². The molecule has 1 amide bonds. The van der Waals surface area contributed by atoms with Crippen molar-refractivity contribution in [2.24, 2.45) is 11.1 Å². The monoisotopic (exact) mass is 276 g/mol. The third-order valence-corrected chi connectivity index (χ3v) is 3.13. The number of hydrogen-bond donors (Lipinski definition) is 2. The number of nitrogens with two attached hydrogens (primary N) is 1. The minimum atomic E-state index is -0.646. The van der Waals surface area contributed by atoms with Crippen LogP contribution < -0.4 is 11.1 Å². The van der Waals surface area contributed by atoms with Crippen molar-refractivity contribution < 1.29 is 9.59 Å². The Morgan fingerprint density at radius 3 is 2.25 bits per heavy atom. The average Bonchev–Trinajstić information content (AvgIpc) is 2.37. The largest absolute Gasteiger partial charge is 0.345 e. The third-order valence-electron chi connectivity index (χ3n) is 3.13. The van der Waals surface area contributed by atoms with Crippen molar-refractivity contribution in [3.8, 4) is 0 Å². The van der Waals surface area contributed by atoms with Gasteiger partial charge in [-0.25, -0.2) is 0 Å². The molecule has 1 aromatic rings. The number of benzene rings is 1. The van der Waals surface area contributed by atoms with E-state index in [9.17, 15) is 9.59 Å². The van der Waals surface area contributed by atoms with E-state index >= 15 is 0 Å². The van der Waals surface area contributed by atoms with Crippen molar-refractivity contribution in [3.05, 3.63) is 35.9 Å². The molecule has 0 spiro atoms. The summed E-state index contributed by atoms with van der Waals surface area (Å²) in [6, 6.07) is 8.42. The van der Waals surface area contributed by atoms with Crippen molar-refractivity contribution in [2.75, 3.05) is 0 Å². The number of hydrogen-bond acceptors (Lipinski definition) is 3. The molecule has 0 fully saturated rings. The number of ketones is 1. The second kappa shape index (κ2) is 6.66. The standard InChI is InChI=1S/C16H24N2O2/c1-11(14(19)16(2,3)4)18-15(20)13(17)10-12-8-6-5-7-9-12/h5-9,11,13H,10,17H2,1-4H3,(H,18,20). The van der Waals surface area contributed by atoms with Gasteiger partial charge in [0.1, 0.15) is 0 Å². The van der Waals surface area contributed by atoms with Crippen LogP contribution in [-0.2, 0) is 16.0 Å². The SMILES string of the molecule is CC(NC(=O)C(N)Cc1ccccc1)C(=O)C(C)(C)C. The van der Waals surface area contributed by atoms with Gasteiger partial charge in [0.2, 0.25) is 5.91 Å². The summed E-state index contributed by atoms with van der Waals surface area (Å²) in [6.07, 6.45) is 0.461. The van der Waals surface area contributed by atoms with Crippen LogP contribution in [0, 0.1) is 5.41 Å². The normalized spacial score (nSPS) is 14.4. The predicted molar refractivity (Wildman–Crippen MR) is 80.2 cm³/mol. The van der Waals surface area contributed by atoms with Gasteiger partial charge in [-0.2, -0.15) is 0 Å². The van der Waals surface area contributed by atoms with Crippen molar-refractivity contribution in [1.29, 1.82) is 0 Å². The molecule has 0 aromatic heterocycles. The van der Waals surface area contributed by atoms with Crippen molar-refractivity contribution >= 4 is 11.7 Å². The van der Waals surface area contributed by atoms with Crippen LogP contribution in [0.1, 0.15) is 33.3 Å².